The van der Waals surface area contributed by atoms with Crippen LogP contribution in [0.2, 0.25) is 0 Å². The lowest BCUT2D eigenvalue weighted by molar-refractivity contribution is -0.159. The zero-order valence-corrected chi connectivity index (χ0v) is 15.6. The second-order valence-corrected chi connectivity index (χ2v) is 6.83. The Morgan fingerprint density at radius 3 is 2.54 bits per heavy atom. The molecule has 0 aromatic heterocycles. The average Bonchev–Trinajstić information content (AvgIpc) is 2.50. The number of carboxylic acids is 2. The molecule has 24 heavy (non-hydrogen) atoms. The maximum atomic E-state index is 9.10. The molecule has 0 spiro atoms. The predicted molar refractivity (Wildman–Crippen MR) is 94.5 cm³/mol. The van der Waals surface area contributed by atoms with E-state index in [1.54, 1.807) is 0 Å². The summed E-state index contributed by atoms with van der Waals surface area (Å²) < 4.78 is 6.98. The Balaban J connectivity index is 0.000000413. The highest BCUT2D eigenvalue weighted by Gasteiger charge is 2.15. The van der Waals surface area contributed by atoms with Gasteiger partial charge in [0, 0.05) is 17.6 Å². The molecule has 0 amide bonds. The fraction of sp³-hybridized carbons (Fsp3) is 0.529. The van der Waals surface area contributed by atoms with Crippen LogP contribution in [0.3, 0.4) is 0 Å². The van der Waals surface area contributed by atoms with Gasteiger partial charge in [0.25, 0.3) is 0 Å². The molecule has 1 fully saturated rings. The highest BCUT2D eigenvalue weighted by Crippen LogP contribution is 2.22. The number of piperidine rings is 1. The molecule has 1 aliphatic heterocycles. The molecule has 1 heterocycles. The quantitative estimate of drug-likeness (QED) is 0.753. The second-order valence-electron chi connectivity index (χ2n) is 5.92. The van der Waals surface area contributed by atoms with E-state index in [2.05, 4.69) is 40.7 Å². The van der Waals surface area contributed by atoms with E-state index in [9.17, 15) is 0 Å². The molecule has 0 aliphatic carbocycles. The number of benzene rings is 1. The fourth-order valence-electron chi connectivity index (χ4n) is 2.55. The van der Waals surface area contributed by atoms with Crippen LogP contribution in [0.5, 0.6) is 5.75 Å². The second kappa shape index (κ2) is 10.3. The summed E-state index contributed by atoms with van der Waals surface area (Å²) in [5.74, 6) is -1.80. The van der Waals surface area contributed by atoms with E-state index in [1.165, 1.54) is 31.5 Å². The van der Waals surface area contributed by atoms with E-state index >= 15 is 0 Å². The van der Waals surface area contributed by atoms with Gasteiger partial charge in [-0.1, -0.05) is 22.9 Å². The van der Waals surface area contributed by atoms with Crippen LogP contribution in [0.4, 0.5) is 0 Å². The molecule has 1 aromatic carbocycles. The Hall–Kier alpha value is -1.60. The van der Waals surface area contributed by atoms with Crippen molar-refractivity contribution < 1.29 is 24.5 Å². The molecule has 6 nitrogen and oxygen atoms in total. The maximum Gasteiger partial charge on any atom is 0.414 e. The van der Waals surface area contributed by atoms with E-state index in [4.69, 9.17) is 24.5 Å². The first-order valence-corrected chi connectivity index (χ1v) is 8.66. The lowest BCUT2D eigenvalue weighted by atomic mass is 10.0. The summed E-state index contributed by atoms with van der Waals surface area (Å²) in [5, 5.41) is 14.8. The van der Waals surface area contributed by atoms with Crippen LogP contribution in [0.1, 0.15) is 25.3 Å². The van der Waals surface area contributed by atoms with Crippen LogP contribution in [-0.2, 0) is 9.59 Å². The highest BCUT2D eigenvalue weighted by molar-refractivity contribution is 9.10. The van der Waals surface area contributed by atoms with E-state index in [0.29, 0.717) is 0 Å². The molecule has 7 heteroatoms. The van der Waals surface area contributed by atoms with Gasteiger partial charge in [0.1, 0.15) is 12.4 Å². The van der Waals surface area contributed by atoms with Gasteiger partial charge in [-0.2, -0.15) is 0 Å². The van der Waals surface area contributed by atoms with Gasteiger partial charge in [0.2, 0.25) is 0 Å². The minimum atomic E-state index is -1.82. The summed E-state index contributed by atoms with van der Waals surface area (Å²) in [4.78, 5) is 20.7. The van der Waals surface area contributed by atoms with Crippen molar-refractivity contribution in [1.82, 2.24) is 4.90 Å². The predicted octanol–water partition coefficient (Wildman–Crippen LogP) is 3.02. The number of hydrogen-bond acceptors (Lipinski definition) is 4. The number of ether oxygens (including phenoxy) is 1. The maximum absolute atomic E-state index is 9.10. The molecular weight excluding hydrogens is 378 g/mol. The van der Waals surface area contributed by atoms with Gasteiger partial charge in [-0.25, -0.2) is 9.59 Å². The smallest absolute Gasteiger partial charge is 0.414 e. The molecule has 1 aliphatic rings. The number of hydrogen-bond donors (Lipinski definition) is 2. The summed E-state index contributed by atoms with van der Waals surface area (Å²) in [5.41, 5.74) is 1.19. The van der Waals surface area contributed by atoms with Crippen LogP contribution in [0, 0.1) is 12.8 Å². The fourth-order valence-corrected chi connectivity index (χ4v) is 3.02. The molecule has 1 unspecified atom stereocenters. The number of likely N-dealkylation sites (tertiary alicyclic amines) is 1. The Morgan fingerprint density at radius 1 is 1.33 bits per heavy atom. The number of carbonyl (C=O) groups is 2. The minimum absolute atomic E-state index is 0.787. The van der Waals surface area contributed by atoms with Crippen LogP contribution < -0.4 is 4.74 Å². The lowest BCUT2D eigenvalue weighted by Gasteiger charge is -2.30. The molecule has 0 saturated carbocycles. The Morgan fingerprint density at radius 2 is 2.00 bits per heavy atom. The summed E-state index contributed by atoms with van der Waals surface area (Å²) in [6.45, 7) is 8.71. The first-order valence-electron chi connectivity index (χ1n) is 7.87. The third kappa shape index (κ3) is 7.79. The van der Waals surface area contributed by atoms with Gasteiger partial charge in [-0.15, -0.1) is 0 Å². The average molecular weight is 402 g/mol. The number of aryl methyl sites for hydroxylation is 1. The summed E-state index contributed by atoms with van der Waals surface area (Å²) in [6.07, 6.45) is 2.71. The van der Waals surface area contributed by atoms with E-state index < -0.39 is 11.9 Å². The summed E-state index contributed by atoms with van der Waals surface area (Å²) >= 11 is 3.47. The number of carboxylic acid groups (broad SMARTS) is 2. The van der Waals surface area contributed by atoms with Gasteiger partial charge in [0.15, 0.2) is 0 Å². The van der Waals surface area contributed by atoms with Crippen molar-refractivity contribution in [2.75, 3.05) is 26.2 Å². The number of aliphatic carboxylic acids is 2. The largest absolute Gasteiger partial charge is 0.492 e. The van der Waals surface area contributed by atoms with Crippen LogP contribution in [0.25, 0.3) is 0 Å². The van der Waals surface area contributed by atoms with Crippen molar-refractivity contribution in [3.63, 3.8) is 0 Å². The SMILES string of the molecule is Cc1cc(Br)ccc1OCCN1CCCC(C)C1.O=C(O)C(=O)O. The molecule has 1 atom stereocenters. The van der Waals surface area contributed by atoms with Crippen LogP contribution in [0.15, 0.2) is 22.7 Å². The monoisotopic (exact) mass is 401 g/mol. The van der Waals surface area contributed by atoms with Crippen LogP contribution in [-0.4, -0.2) is 53.3 Å². The van der Waals surface area contributed by atoms with Crippen LogP contribution >= 0.6 is 15.9 Å². The van der Waals surface area contributed by atoms with E-state index in [1.807, 2.05) is 12.1 Å². The molecule has 2 N–H and O–H groups in total. The minimum Gasteiger partial charge on any atom is -0.492 e. The van der Waals surface area contributed by atoms with Crippen molar-refractivity contribution in [2.24, 2.45) is 5.92 Å². The van der Waals surface area contributed by atoms with E-state index in [-0.39, 0.29) is 0 Å². The Kier molecular flexibility index (Phi) is 8.78. The molecule has 134 valence electrons. The van der Waals surface area contributed by atoms with Gasteiger partial charge < -0.3 is 14.9 Å². The number of nitrogens with zero attached hydrogens (tertiary/aromatic N) is 1. The van der Waals surface area contributed by atoms with Crippen molar-refractivity contribution >= 4 is 27.9 Å². The van der Waals surface area contributed by atoms with Crippen molar-refractivity contribution in [2.45, 2.75) is 26.7 Å². The molecule has 0 radical (unpaired) electrons. The zero-order valence-electron chi connectivity index (χ0n) is 14.0. The Labute approximate surface area is 150 Å². The van der Waals surface area contributed by atoms with Gasteiger partial charge in [-0.3, -0.25) is 4.90 Å². The zero-order chi connectivity index (χ0) is 18.1. The van der Waals surface area contributed by atoms with Crippen molar-refractivity contribution in [1.29, 1.82) is 0 Å². The summed E-state index contributed by atoms with van der Waals surface area (Å²) in [6, 6.07) is 6.17. The van der Waals surface area contributed by atoms with Gasteiger partial charge in [-0.05, 0) is 56.0 Å². The molecule has 0 bridgehead atoms. The number of rotatable bonds is 4. The molecule has 2 rings (SSSR count). The lowest BCUT2D eigenvalue weighted by Crippen LogP contribution is -2.37. The molecular formula is C17H24BrNO5. The van der Waals surface area contributed by atoms with Crippen molar-refractivity contribution in [3.8, 4) is 5.75 Å². The Bertz CT molecular complexity index is 552. The summed E-state index contributed by atoms with van der Waals surface area (Å²) in [7, 11) is 0. The standard InChI is InChI=1S/C15H22BrNO.C2H2O4/c1-12-4-3-7-17(11-12)8-9-18-15-6-5-14(16)10-13(15)2;3-1(4)2(5)6/h5-6,10,12H,3-4,7-9,11H2,1-2H3;(H,3,4)(H,5,6). The highest BCUT2D eigenvalue weighted by atomic mass is 79.9. The third-order valence-electron chi connectivity index (χ3n) is 3.73. The third-order valence-corrected chi connectivity index (χ3v) is 4.22. The van der Waals surface area contributed by atoms with Gasteiger partial charge >= 0.3 is 11.9 Å². The number of halogens is 1. The first kappa shape index (κ1) is 20.4. The first-order chi connectivity index (χ1) is 11.3. The molecule has 1 aromatic rings. The van der Waals surface area contributed by atoms with Gasteiger partial charge in [0.05, 0.1) is 0 Å². The van der Waals surface area contributed by atoms with Crippen molar-refractivity contribution in [3.05, 3.63) is 28.2 Å². The molecule has 1 saturated heterocycles. The topological polar surface area (TPSA) is 87.1 Å². The van der Waals surface area contributed by atoms with E-state index in [0.717, 1.165) is 29.3 Å². The normalized spacial score (nSPS) is 17.5.